The topological polar surface area (TPSA) is 74.3 Å². The second kappa shape index (κ2) is 7.20. The third-order valence-electron chi connectivity index (χ3n) is 3.54. The smallest absolute Gasteiger partial charge is 0.260 e. The number of sulfonamides is 1. The van der Waals surface area contributed by atoms with Crippen LogP contribution in [0.5, 0.6) is 0 Å². The number of nitrogens with one attached hydrogen (secondary N) is 2. The van der Waals surface area contributed by atoms with Gasteiger partial charge in [-0.2, -0.15) is 0 Å². The van der Waals surface area contributed by atoms with E-state index >= 15 is 0 Å². The van der Waals surface area contributed by atoms with Crippen LogP contribution in [0.15, 0.2) is 23.4 Å². The molecule has 1 unspecified atom stereocenters. The van der Waals surface area contributed by atoms with Gasteiger partial charge in [-0.25, -0.2) is 18.1 Å². The molecule has 118 valence electrons. The van der Waals surface area contributed by atoms with Crippen molar-refractivity contribution in [2.24, 2.45) is 0 Å². The van der Waals surface area contributed by atoms with Gasteiger partial charge in [0.15, 0.2) is 5.03 Å². The Morgan fingerprint density at radius 3 is 3.00 bits per heavy atom. The third-order valence-corrected chi connectivity index (χ3v) is 5.02. The van der Waals surface area contributed by atoms with E-state index < -0.39 is 10.0 Å². The molecule has 1 aliphatic heterocycles. The molecule has 2 rings (SSSR count). The molecule has 6 nitrogen and oxygen atoms in total. The molecule has 1 aromatic heterocycles. The van der Waals surface area contributed by atoms with Gasteiger partial charge in [0.2, 0.25) is 0 Å². The van der Waals surface area contributed by atoms with Crippen molar-refractivity contribution in [2.75, 3.05) is 32.0 Å². The predicted molar refractivity (Wildman–Crippen MR) is 83.9 cm³/mol. The van der Waals surface area contributed by atoms with Crippen LogP contribution in [0.3, 0.4) is 0 Å². The zero-order chi connectivity index (χ0) is 15.3. The van der Waals surface area contributed by atoms with Gasteiger partial charge >= 0.3 is 0 Å². The molecule has 21 heavy (non-hydrogen) atoms. The third kappa shape index (κ3) is 4.39. The lowest BCUT2D eigenvalue weighted by molar-refractivity contribution is 0.242. The Bertz CT molecular complexity index is 562. The minimum atomic E-state index is -3.59. The van der Waals surface area contributed by atoms with Crippen LogP contribution in [-0.4, -0.2) is 51.0 Å². The van der Waals surface area contributed by atoms with E-state index in [-0.39, 0.29) is 11.1 Å². The van der Waals surface area contributed by atoms with Crippen LogP contribution in [-0.2, 0) is 10.0 Å². The summed E-state index contributed by atoms with van der Waals surface area (Å²) >= 11 is 0. The van der Waals surface area contributed by atoms with Gasteiger partial charge in [-0.15, -0.1) is 0 Å². The fourth-order valence-corrected chi connectivity index (χ4v) is 3.91. The highest BCUT2D eigenvalue weighted by atomic mass is 32.2. The Morgan fingerprint density at radius 2 is 2.29 bits per heavy atom. The fraction of sp³-hybridized carbons (Fsp3) is 0.643. The van der Waals surface area contributed by atoms with Gasteiger partial charge in [0, 0.05) is 25.3 Å². The molecule has 1 saturated heterocycles. The van der Waals surface area contributed by atoms with Crippen molar-refractivity contribution >= 4 is 15.7 Å². The number of hydrogen-bond donors (Lipinski definition) is 2. The van der Waals surface area contributed by atoms with Gasteiger partial charge in [-0.3, -0.25) is 0 Å². The van der Waals surface area contributed by atoms with Crippen LogP contribution < -0.4 is 10.0 Å². The van der Waals surface area contributed by atoms with Crippen molar-refractivity contribution < 1.29 is 8.42 Å². The minimum Gasteiger partial charge on any atom is -0.383 e. The Labute approximate surface area is 127 Å². The van der Waals surface area contributed by atoms with Crippen molar-refractivity contribution in [3.63, 3.8) is 0 Å². The summed E-state index contributed by atoms with van der Waals surface area (Å²) in [6.45, 7) is 4.52. The Kier molecular flexibility index (Phi) is 5.55. The summed E-state index contributed by atoms with van der Waals surface area (Å²) in [7, 11) is -1.59. The first-order valence-corrected chi connectivity index (χ1v) is 8.91. The van der Waals surface area contributed by atoms with E-state index in [1.807, 2.05) is 14.0 Å². The minimum absolute atomic E-state index is 0.0465. The van der Waals surface area contributed by atoms with E-state index in [2.05, 4.69) is 19.9 Å². The number of hydrogen-bond acceptors (Lipinski definition) is 5. The summed E-state index contributed by atoms with van der Waals surface area (Å²) in [6, 6.07) is 3.45. The largest absolute Gasteiger partial charge is 0.383 e. The van der Waals surface area contributed by atoms with Crippen LogP contribution in [0.1, 0.15) is 26.2 Å². The number of nitrogens with zero attached hydrogens (tertiary/aromatic N) is 2. The number of piperidine rings is 1. The Hall–Kier alpha value is -1.18. The van der Waals surface area contributed by atoms with Gasteiger partial charge in [-0.05, 0) is 45.0 Å². The van der Waals surface area contributed by atoms with Gasteiger partial charge in [0.25, 0.3) is 10.0 Å². The maximum Gasteiger partial charge on any atom is 0.260 e. The lowest BCUT2D eigenvalue weighted by Crippen LogP contribution is -2.46. The molecular weight excluding hydrogens is 288 g/mol. The number of rotatable bonds is 6. The number of anilines is 1. The van der Waals surface area contributed by atoms with Crippen LogP contribution in [0, 0.1) is 0 Å². The Morgan fingerprint density at radius 1 is 1.48 bits per heavy atom. The van der Waals surface area contributed by atoms with Crippen LogP contribution in [0.4, 0.5) is 5.69 Å². The molecule has 0 saturated carbocycles. The molecule has 0 radical (unpaired) electrons. The van der Waals surface area contributed by atoms with E-state index in [1.165, 1.54) is 6.20 Å². The van der Waals surface area contributed by atoms with Crippen molar-refractivity contribution in [3.8, 4) is 0 Å². The number of likely N-dealkylation sites (N-methyl/N-ethyl adjacent to an activating group) is 1. The van der Waals surface area contributed by atoms with Gasteiger partial charge < -0.3 is 10.2 Å². The highest BCUT2D eigenvalue weighted by molar-refractivity contribution is 7.89. The fourth-order valence-electron chi connectivity index (χ4n) is 2.54. The molecule has 1 fully saturated rings. The van der Waals surface area contributed by atoms with Gasteiger partial charge in [0.1, 0.15) is 0 Å². The molecule has 7 heteroatoms. The van der Waals surface area contributed by atoms with Crippen molar-refractivity contribution in [2.45, 2.75) is 37.3 Å². The summed E-state index contributed by atoms with van der Waals surface area (Å²) in [4.78, 5) is 6.21. The second-order valence-corrected chi connectivity index (χ2v) is 7.13. The van der Waals surface area contributed by atoms with E-state index in [9.17, 15) is 8.42 Å². The molecule has 0 amide bonds. The average Bonchev–Trinajstić information content (AvgIpc) is 2.45. The number of aromatic nitrogens is 1. The van der Waals surface area contributed by atoms with E-state index in [0.717, 1.165) is 38.9 Å². The van der Waals surface area contributed by atoms with Crippen molar-refractivity contribution in [1.82, 2.24) is 14.6 Å². The molecule has 1 aliphatic rings. The van der Waals surface area contributed by atoms with Crippen molar-refractivity contribution in [3.05, 3.63) is 18.3 Å². The van der Waals surface area contributed by atoms with E-state index in [0.29, 0.717) is 5.69 Å². The van der Waals surface area contributed by atoms with Crippen LogP contribution in [0.25, 0.3) is 0 Å². The molecular formula is C14H24N4O2S. The molecule has 0 aromatic carbocycles. The van der Waals surface area contributed by atoms with Crippen LogP contribution in [0.2, 0.25) is 0 Å². The van der Waals surface area contributed by atoms with E-state index in [1.54, 1.807) is 12.1 Å². The number of likely N-dealkylation sites (tertiary alicyclic amines) is 1. The monoisotopic (exact) mass is 312 g/mol. The first kappa shape index (κ1) is 16.2. The summed E-state index contributed by atoms with van der Waals surface area (Å²) in [5, 5.41) is 3.21. The summed E-state index contributed by atoms with van der Waals surface area (Å²) < 4.78 is 27.9. The summed E-state index contributed by atoms with van der Waals surface area (Å²) in [5.41, 5.74) is 0.566. The normalized spacial score (nSPS) is 20.4. The zero-order valence-electron chi connectivity index (χ0n) is 12.7. The first-order valence-electron chi connectivity index (χ1n) is 7.42. The van der Waals surface area contributed by atoms with Crippen molar-refractivity contribution in [1.29, 1.82) is 0 Å². The molecule has 0 aliphatic carbocycles. The molecule has 2 heterocycles. The predicted octanol–water partition coefficient (Wildman–Crippen LogP) is 1.28. The highest BCUT2D eigenvalue weighted by Gasteiger charge is 2.26. The SMILES string of the molecule is CCCNc1cccnc1S(=O)(=O)NC1CCCN(C)C1. The van der Waals surface area contributed by atoms with Gasteiger partial charge in [-0.1, -0.05) is 6.92 Å². The molecule has 1 atom stereocenters. The lowest BCUT2D eigenvalue weighted by atomic mass is 10.1. The first-order chi connectivity index (χ1) is 10.0. The zero-order valence-corrected chi connectivity index (χ0v) is 13.5. The summed E-state index contributed by atoms with van der Waals surface area (Å²) in [6.07, 6.45) is 4.31. The highest BCUT2D eigenvalue weighted by Crippen LogP contribution is 2.19. The second-order valence-electron chi connectivity index (χ2n) is 5.51. The maximum absolute atomic E-state index is 12.6. The van der Waals surface area contributed by atoms with Crippen LogP contribution >= 0.6 is 0 Å². The summed E-state index contributed by atoms with van der Waals surface area (Å²) in [5.74, 6) is 0. The Balaban J connectivity index is 2.15. The molecule has 1 aromatic rings. The molecule has 0 bridgehead atoms. The average molecular weight is 312 g/mol. The molecule has 2 N–H and O–H groups in total. The van der Waals surface area contributed by atoms with E-state index in [4.69, 9.17) is 0 Å². The number of pyridine rings is 1. The molecule has 0 spiro atoms. The maximum atomic E-state index is 12.6. The van der Waals surface area contributed by atoms with Gasteiger partial charge in [0.05, 0.1) is 5.69 Å². The standard InChI is InChI=1S/C14H24N4O2S/c1-3-8-15-13-7-4-9-16-14(13)21(19,20)17-12-6-5-10-18(2)11-12/h4,7,9,12,15,17H,3,5-6,8,10-11H2,1-2H3. The quantitative estimate of drug-likeness (QED) is 0.827. The lowest BCUT2D eigenvalue weighted by Gasteiger charge is -2.30.